The van der Waals surface area contributed by atoms with Crippen LogP contribution >= 0.6 is 35.0 Å². The van der Waals surface area contributed by atoms with Crippen molar-refractivity contribution in [2.45, 2.75) is 5.03 Å². The fraction of sp³-hybridized carbons (Fsp3) is 0.0769. The third-order valence-electron chi connectivity index (χ3n) is 2.22. The molecule has 0 aromatic carbocycles. The minimum atomic E-state index is -0.243. The number of hydrazone groups is 1. The molecule has 0 aliphatic carbocycles. The lowest BCUT2D eigenvalue weighted by molar-refractivity contribution is -0.118. The smallest absolute Gasteiger partial charge is 0.250 e. The molecule has 1 N–H and O–H groups in total. The molecule has 0 saturated carbocycles. The molecule has 0 bridgehead atoms. The number of hydrogen-bond acceptors (Lipinski definition) is 5. The molecule has 108 valence electrons. The lowest BCUT2D eigenvalue weighted by atomic mass is 10.3. The molecule has 8 heteroatoms. The van der Waals surface area contributed by atoms with E-state index in [0.717, 1.165) is 5.56 Å². The van der Waals surface area contributed by atoms with Gasteiger partial charge in [0.1, 0.15) is 0 Å². The first-order valence-corrected chi connectivity index (χ1v) is 7.55. The van der Waals surface area contributed by atoms with Gasteiger partial charge >= 0.3 is 0 Å². The van der Waals surface area contributed by atoms with E-state index < -0.39 is 0 Å². The zero-order valence-corrected chi connectivity index (χ0v) is 13.0. The second-order valence-corrected chi connectivity index (χ2v) is 5.61. The van der Waals surface area contributed by atoms with Crippen LogP contribution in [0.25, 0.3) is 0 Å². The SMILES string of the molecule is O=C(CSc1cc(Cl)c(Cl)cn1)NN=Cc1cccnc1. The Labute approximate surface area is 135 Å². The van der Waals surface area contributed by atoms with Gasteiger partial charge in [0.15, 0.2) is 0 Å². The molecule has 5 nitrogen and oxygen atoms in total. The summed E-state index contributed by atoms with van der Waals surface area (Å²) in [6, 6.07) is 5.23. The molecule has 0 saturated heterocycles. The van der Waals surface area contributed by atoms with E-state index in [1.807, 2.05) is 6.07 Å². The van der Waals surface area contributed by atoms with E-state index >= 15 is 0 Å². The van der Waals surface area contributed by atoms with Crippen LogP contribution in [0.1, 0.15) is 5.56 Å². The van der Waals surface area contributed by atoms with Gasteiger partial charge in [-0.15, -0.1) is 0 Å². The largest absolute Gasteiger partial charge is 0.272 e. The highest BCUT2D eigenvalue weighted by molar-refractivity contribution is 7.99. The molecule has 1 amide bonds. The highest BCUT2D eigenvalue weighted by Crippen LogP contribution is 2.25. The van der Waals surface area contributed by atoms with Crippen LogP contribution < -0.4 is 5.43 Å². The molecule has 0 spiro atoms. The Kier molecular flexibility index (Phi) is 5.98. The fourth-order valence-corrected chi connectivity index (χ4v) is 2.27. The van der Waals surface area contributed by atoms with E-state index in [4.69, 9.17) is 23.2 Å². The topological polar surface area (TPSA) is 67.2 Å². The van der Waals surface area contributed by atoms with Gasteiger partial charge in [-0.25, -0.2) is 10.4 Å². The number of thioether (sulfide) groups is 1. The highest BCUT2D eigenvalue weighted by Gasteiger charge is 2.05. The molecule has 0 fully saturated rings. The van der Waals surface area contributed by atoms with Crippen LogP contribution in [-0.2, 0) is 4.79 Å². The van der Waals surface area contributed by atoms with Crippen molar-refractivity contribution in [1.29, 1.82) is 0 Å². The molecule has 0 unspecified atom stereocenters. The van der Waals surface area contributed by atoms with E-state index in [1.54, 1.807) is 24.5 Å². The van der Waals surface area contributed by atoms with Crippen molar-refractivity contribution in [3.8, 4) is 0 Å². The number of carbonyl (C=O) groups is 1. The summed E-state index contributed by atoms with van der Waals surface area (Å²) in [5.74, 6) is -0.0666. The van der Waals surface area contributed by atoms with E-state index in [1.165, 1.54) is 24.2 Å². The van der Waals surface area contributed by atoms with Crippen molar-refractivity contribution >= 4 is 47.1 Å². The molecule has 2 rings (SSSR count). The Balaban J connectivity index is 1.79. The minimum absolute atomic E-state index is 0.176. The second-order valence-electron chi connectivity index (χ2n) is 3.80. The maximum Gasteiger partial charge on any atom is 0.250 e. The average Bonchev–Trinajstić information content (AvgIpc) is 2.49. The number of pyridine rings is 2. The zero-order chi connectivity index (χ0) is 15.1. The van der Waals surface area contributed by atoms with Crippen LogP contribution in [0.2, 0.25) is 10.0 Å². The Bertz CT molecular complexity index is 652. The number of carbonyl (C=O) groups excluding carboxylic acids is 1. The van der Waals surface area contributed by atoms with Gasteiger partial charge in [-0.1, -0.05) is 41.0 Å². The van der Waals surface area contributed by atoms with Crippen LogP contribution in [0.15, 0.2) is 46.9 Å². The van der Waals surface area contributed by atoms with E-state index in [0.29, 0.717) is 15.1 Å². The van der Waals surface area contributed by atoms with Crippen molar-refractivity contribution < 1.29 is 4.79 Å². The van der Waals surface area contributed by atoms with Crippen molar-refractivity contribution in [2.24, 2.45) is 5.10 Å². The lowest BCUT2D eigenvalue weighted by Crippen LogP contribution is -2.19. The number of hydrogen-bond donors (Lipinski definition) is 1. The minimum Gasteiger partial charge on any atom is -0.272 e. The number of aromatic nitrogens is 2. The summed E-state index contributed by atoms with van der Waals surface area (Å²) in [5.41, 5.74) is 3.22. The third-order valence-corrected chi connectivity index (χ3v) is 3.86. The standard InChI is InChI=1S/C13H10Cl2N4OS/c14-10-4-13(17-7-11(10)15)21-8-12(20)19-18-6-9-2-1-3-16-5-9/h1-7H,8H2,(H,19,20). The summed E-state index contributed by atoms with van der Waals surface area (Å²) in [5, 5.41) is 5.25. The number of amides is 1. The summed E-state index contributed by atoms with van der Waals surface area (Å²) in [7, 11) is 0. The van der Waals surface area contributed by atoms with Gasteiger partial charge < -0.3 is 0 Å². The van der Waals surface area contributed by atoms with Gasteiger partial charge in [-0.3, -0.25) is 9.78 Å². The molecule has 21 heavy (non-hydrogen) atoms. The second kappa shape index (κ2) is 7.97. The quantitative estimate of drug-likeness (QED) is 0.516. The Hall–Kier alpha value is -1.63. The zero-order valence-electron chi connectivity index (χ0n) is 10.7. The number of nitrogens with zero attached hydrogens (tertiary/aromatic N) is 3. The van der Waals surface area contributed by atoms with E-state index in [9.17, 15) is 4.79 Å². The van der Waals surface area contributed by atoms with Gasteiger partial charge in [0, 0.05) is 24.2 Å². The lowest BCUT2D eigenvalue weighted by Gasteiger charge is -2.01. The van der Waals surface area contributed by atoms with Crippen molar-refractivity contribution in [2.75, 3.05) is 5.75 Å². The van der Waals surface area contributed by atoms with E-state index in [2.05, 4.69) is 20.5 Å². The summed E-state index contributed by atoms with van der Waals surface area (Å²) >= 11 is 12.9. The fourth-order valence-electron chi connectivity index (χ4n) is 1.28. The monoisotopic (exact) mass is 340 g/mol. The van der Waals surface area contributed by atoms with Gasteiger partial charge in [0.25, 0.3) is 0 Å². The first-order chi connectivity index (χ1) is 10.1. The Morgan fingerprint density at radius 2 is 2.24 bits per heavy atom. The molecule has 2 aromatic heterocycles. The highest BCUT2D eigenvalue weighted by atomic mass is 35.5. The molecule has 2 heterocycles. The molecular formula is C13H10Cl2N4OS. The molecule has 0 atom stereocenters. The first-order valence-electron chi connectivity index (χ1n) is 5.81. The Morgan fingerprint density at radius 3 is 2.95 bits per heavy atom. The predicted molar refractivity (Wildman–Crippen MR) is 85.0 cm³/mol. The maximum atomic E-state index is 11.6. The Morgan fingerprint density at radius 1 is 1.38 bits per heavy atom. The van der Waals surface area contributed by atoms with Crippen molar-refractivity contribution in [3.05, 3.63) is 52.4 Å². The van der Waals surface area contributed by atoms with Crippen LogP contribution in [0.3, 0.4) is 0 Å². The van der Waals surface area contributed by atoms with Gasteiger partial charge in [0.05, 0.1) is 27.0 Å². The van der Waals surface area contributed by atoms with E-state index in [-0.39, 0.29) is 11.7 Å². The summed E-state index contributed by atoms with van der Waals surface area (Å²) in [6.45, 7) is 0. The van der Waals surface area contributed by atoms with Crippen LogP contribution in [0, 0.1) is 0 Å². The molecule has 0 aliphatic rings. The number of nitrogens with one attached hydrogen (secondary N) is 1. The van der Waals surface area contributed by atoms with Crippen molar-refractivity contribution in [3.63, 3.8) is 0 Å². The summed E-state index contributed by atoms with van der Waals surface area (Å²) in [6.07, 6.45) is 6.28. The average molecular weight is 341 g/mol. The van der Waals surface area contributed by atoms with Crippen molar-refractivity contribution in [1.82, 2.24) is 15.4 Å². The van der Waals surface area contributed by atoms with Crippen LogP contribution in [0.5, 0.6) is 0 Å². The van der Waals surface area contributed by atoms with Crippen LogP contribution in [-0.4, -0.2) is 27.8 Å². The first kappa shape index (κ1) is 15.8. The molecule has 2 aromatic rings. The number of halogens is 2. The third kappa shape index (κ3) is 5.34. The molecule has 0 aliphatic heterocycles. The van der Waals surface area contributed by atoms with Gasteiger partial charge in [-0.05, 0) is 12.1 Å². The molecular weight excluding hydrogens is 331 g/mol. The molecule has 0 radical (unpaired) electrons. The maximum absolute atomic E-state index is 11.6. The predicted octanol–water partition coefficient (Wildman–Crippen LogP) is 3.03. The summed E-state index contributed by atoms with van der Waals surface area (Å²) in [4.78, 5) is 19.6. The summed E-state index contributed by atoms with van der Waals surface area (Å²) < 4.78 is 0. The van der Waals surface area contributed by atoms with Crippen LogP contribution in [0.4, 0.5) is 0 Å². The number of rotatable bonds is 5. The normalized spacial score (nSPS) is 10.8. The van der Waals surface area contributed by atoms with Gasteiger partial charge in [-0.2, -0.15) is 5.10 Å². The van der Waals surface area contributed by atoms with Gasteiger partial charge in [0.2, 0.25) is 5.91 Å².